The van der Waals surface area contributed by atoms with Gasteiger partial charge in [0, 0.05) is 31.9 Å². The first kappa shape index (κ1) is 16.1. The fourth-order valence-corrected chi connectivity index (χ4v) is 4.37. The van der Waals surface area contributed by atoms with Gasteiger partial charge in [-0.1, -0.05) is 30.3 Å². The molecule has 1 aromatic carbocycles. The number of fused-ring (bicyclic) bond motifs is 1. The van der Waals surface area contributed by atoms with Crippen LogP contribution in [0.5, 0.6) is 0 Å². The lowest BCUT2D eigenvalue weighted by atomic mass is 10.00. The maximum atomic E-state index is 12.8. The summed E-state index contributed by atoms with van der Waals surface area (Å²) in [5, 5.41) is 5.74. The summed E-state index contributed by atoms with van der Waals surface area (Å²) in [4.78, 5) is 32.6. The van der Waals surface area contributed by atoms with Crippen molar-refractivity contribution >= 4 is 23.3 Å². The van der Waals surface area contributed by atoms with Crippen LogP contribution in [0.3, 0.4) is 0 Å². The number of aromatic nitrogens is 1. The van der Waals surface area contributed by atoms with E-state index in [1.165, 1.54) is 16.9 Å². The van der Waals surface area contributed by atoms with Gasteiger partial charge in [-0.2, -0.15) is 0 Å². The minimum absolute atomic E-state index is 0.0117. The summed E-state index contributed by atoms with van der Waals surface area (Å²) in [5.74, 6) is -0.0437. The van der Waals surface area contributed by atoms with Crippen LogP contribution in [0.1, 0.15) is 27.5 Å². The predicted octanol–water partition coefficient (Wildman–Crippen LogP) is 1.97. The zero-order chi connectivity index (χ0) is 17.4. The zero-order valence-electron chi connectivity index (χ0n) is 14.0. The van der Waals surface area contributed by atoms with E-state index < -0.39 is 0 Å². The van der Waals surface area contributed by atoms with Gasteiger partial charge in [-0.25, -0.2) is 9.78 Å². The molecule has 3 amide bonds. The monoisotopic (exact) mass is 356 g/mol. The number of nitrogens with one attached hydrogen (secondary N) is 1. The highest BCUT2D eigenvalue weighted by Gasteiger charge is 2.41. The molecule has 130 valence electrons. The van der Waals surface area contributed by atoms with Crippen LogP contribution in [-0.2, 0) is 6.42 Å². The van der Waals surface area contributed by atoms with Gasteiger partial charge < -0.3 is 15.1 Å². The topological polar surface area (TPSA) is 65.5 Å². The molecule has 0 radical (unpaired) electrons. The van der Waals surface area contributed by atoms with E-state index in [4.69, 9.17) is 0 Å². The van der Waals surface area contributed by atoms with E-state index in [2.05, 4.69) is 22.4 Å². The SMILES string of the molecule is CN1C(=O)N[C@@H]2CN(C(=O)c3csc(Cc4ccccc4)n3)CC[C@@H]21. The Bertz CT molecular complexity index is 791. The summed E-state index contributed by atoms with van der Waals surface area (Å²) >= 11 is 1.52. The number of rotatable bonds is 3. The van der Waals surface area contributed by atoms with Gasteiger partial charge in [-0.05, 0) is 12.0 Å². The molecule has 4 rings (SSSR count). The maximum absolute atomic E-state index is 12.8. The van der Waals surface area contributed by atoms with E-state index in [1.807, 2.05) is 35.5 Å². The van der Waals surface area contributed by atoms with Gasteiger partial charge in [0.2, 0.25) is 0 Å². The molecule has 0 bridgehead atoms. The molecule has 1 aromatic heterocycles. The van der Waals surface area contributed by atoms with Gasteiger partial charge in [0.15, 0.2) is 0 Å². The third-order valence-corrected chi connectivity index (χ3v) is 5.81. The minimum Gasteiger partial charge on any atom is -0.335 e. The number of amides is 3. The minimum atomic E-state index is -0.0527. The quantitative estimate of drug-likeness (QED) is 0.914. The van der Waals surface area contributed by atoms with Crippen molar-refractivity contribution in [3.63, 3.8) is 0 Å². The second-order valence-corrected chi connectivity index (χ2v) is 7.51. The number of benzene rings is 1. The molecule has 25 heavy (non-hydrogen) atoms. The smallest absolute Gasteiger partial charge is 0.317 e. The molecule has 2 fully saturated rings. The van der Waals surface area contributed by atoms with Gasteiger partial charge >= 0.3 is 6.03 Å². The van der Waals surface area contributed by atoms with Crippen molar-refractivity contribution in [3.8, 4) is 0 Å². The first-order chi connectivity index (χ1) is 12.1. The summed E-state index contributed by atoms with van der Waals surface area (Å²) in [5.41, 5.74) is 1.69. The molecule has 2 aromatic rings. The molecule has 0 saturated carbocycles. The van der Waals surface area contributed by atoms with Crippen molar-refractivity contribution in [1.82, 2.24) is 20.1 Å². The zero-order valence-corrected chi connectivity index (χ0v) is 14.8. The average Bonchev–Trinajstić information content (AvgIpc) is 3.20. The second-order valence-electron chi connectivity index (χ2n) is 6.56. The fraction of sp³-hybridized carbons (Fsp3) is 0.389. The van der Waals surface area contributed by atoms with Crippen molar-refractivity contribution in [2.45, 2.75) is 24.9 Å². The van der Waals surface area contributed by atoms with E-state index in [0.717, 1.165) is 17.8 Å². The molecule has 6 nitrogen and oxygen atoms in total. The molecule has 2 saturated heterocycles. The summed E-state index contributed by atoms with van der Waals surface area (Å²) < 4.78 is 0. The van der Waals surface area contributed by atoms with Crippen LogP contribution in [0.2, 0.25) is 0 Å². The third-order valence-electron chi connectivity index (χ3n) is 4.96. The van der Waals surface area contributed by atoms with E-state index in [0.29, 0.717) is 18.8 Å². The Balaban J connectivity index is 1.43. The lowest BCUT2D eigenvalue weighted by Crippen LogP contribution is -2.52. The lowest BCUT2D eigenvalue weighted by Gasteiger charge is -2.35. The van der Waals surface area contributed by atoms with Crippen molar-refractivity contribution in [2.75, 3.05) is 20.1 Å². The molecule has 2 aliphatic heterocycles. The molecular weight excluding hydrogens is 336 g/mol. The Hall–Kier alpha value is -2.41. The highest BCUT2D eigenvalue weighted by Crippen LogP contribution is 2.23. The van der Waals surface area contributed by atoms with Gasteiger partial charge in [0.1, 0.15) is 5.69 Å². The summed E-state index contributed by atoms with van der Waals surface area (Å²) in [6.45, 7) is 1.20. The van der Waals surface area contributed by atoms with E-state index in [-0.39, 0.29) is 24.0 Å². The van der Waals surface area contributed by atoms with Crippen LogP contribution in [0.25, 0.3) is 0 Å². The molecule has 2 atom stereocenters. The predicted molar refractivity (Wildman–Crippen MR) is 95.8 cm³/mol. The average molecular weight is 356 g/mol. The van der Waals surface area contributed by atoms with E-state index in [9.17, 15) is 9.59 Å². The Labute approximate surface area is 150 Å². The number of carbonyl (C=O) groups excluding carboxylic acids is 2. The number of nitrogens with zero attached hydrogens (tertiary/aromatic N) is 3. The number of hydrogen-bond acceptors (Lipinski definition) is 4. The van der Waals surface area contributed by atoms with Crippen molar-refractivity contribution in [1.29, 1.82) is 0 Å². The molecule has 1 N–H and O–H groups in total. The number of likely N-dealkylation sites (N-methyl/N-ethyl adjacent to an activating group) is 1. The molecule has 2 aliphatic rings. The number of urea groups is 1. The highest BCUT2D eigenvalue weighted by molar-refractivity contribution is 7.09. The van der Waals surface area contributed by atoms with Crippen LogP contribution in [0.4, 0.5) is 4.79 Å². The van der Waals surface area contributed by atoms with Gasteiger partial charge in [0.25, 0.3) is 5.91 Å². The second kappa shape index (κ2) is 6.48. The Morgan fingerprint density at radius 3 is 2.96 bits per heavy atom. The molecule has 0 spiro atoms. The third kappa shape index (κ3) is 3.11. The van der Waals surface area contributed by atoms with Crippen LogP contribution in [0.15, 0.2) is 35.7 Å². The fourth-order valence-electron chi connectivity index (χ4n) is 3.56. The first-order valence-corrected chi connectivity index (χ1v) is 9.30. The van der Waals surface area contributed by atoms with Crippen LogP contribution < -0.4 is 5.32 Å². The van der Waals surface area contributed by atoms with Crippen molar-refractivity contribution in [3.05, 3.63) is 52.0 Å². The molecule has 0 unspecified atom stereocenters. The number of thiazole rings is 1. The highest BCUT2D eigenvalue weighted by atomic mass is 32.1. The summed E-state index contributed by atoms with van der Waals surface area (Å²) in [6, 6.07) is 10.3. The van der Waals surface area contributed by atoms with Crippen LogP contribution >= 0.6 is 11.3 Å². The first-order valence-electron chi connectivity index (χ1n) is 8.43. The number of piperidine rings is 1. The van der Waals surface area contributed by atoms with Gasteiger partial charge in [-0.3, -0.25) is 4.79 Å². The Kier molecular flexibility index (Phi) is 4.17. The van der Waals surface area contributed by atoms with Crippen molar-refractivity contribution < 1.29 is 9.59 Å². The van der Waals surface area contributed by atoms with Gasteiger partial charge in [0.05, 0.1) is 17.1 Å². The summed E-state index contributed by atoms with van der Waals surface area (Å²) in [6.07, 6.45) is 1.54. The number of hydrogen-bond donors (Lipinski definition) is 1. The van der Waals surface area contributed by atoms with Crippen molar-refractivity contribution in [2.24, 2.45) is 0 Å². The van der Waals surface area contributed by atoms with Gasteiger partial charge in [-0.15, -0.1) is 11.3 Å². The van der Waals surface area contributed by atoms with Crippen LogP contribution in [0, 0.1) is 0 Å². The van der Waals surface area contributed by atoms with E-state index >= 15 is 0 Å². The molecule has 3 heterocycles. The lowest BCUT2D eigenvalue weighted by molar-refractivity contribution is 0.0661. The Morgan fingerprint density at radius 1 is 1.36 bits per heavy atom. The van der Waals surface area contributed by atoms with E-state index in [1.54, 1.807) is 4.90 Å². The normalized spacial score (nSPS) is 22.7. The standard InChI is InChI=1S/C18H20N4O2S/c1-21-15-7-8-22(10-13(15)20-18(21)24)17(23)14-11-25-16(19-14)9-12-5-3-2-4-6-12/h2-6,11,13,15H,7-10H2,1H3,(H,20,24)/t13-,15+/m1/s1. The maximum Gasteiger partial charge on any atom is 0.317 e. The summed E-state index contributed by atoms with van der Waals surface area (Å²) in [7, 11) is 1.81. The number of carbonyl (C=O) groups is 2. The molecule has 7 heteroatoms. The largest absolute Gasteiger partial charge is 0.335 e. The van der Waals surface area contributed by atoms with Crippen LogP contribution in [-0.4, -0.2) is 58.9 Å². The molecular formula is C18H20N4O2S. The number of likely N-dealkylation sites (tertiary alicyclic amines) is 1. The Morgan fingerprint density at radius 2 is 2.16 bits per heavy atom. The molecule has 0 aliphatic carbocycles.